The molecule has 118 valence electrons. The van der Waals surface area contributed by atoms with E-state index in [9.17, 15) is 5.11 Å². The number of aryl methyl sites for hydroxylation is 1. The van der Waals surface area contributed by atoms with E-state index < -0.39 is 0 Å². The maximum atomic E-state index is 10.3. The van der Waals surface area contributed by atoms with Gasteiger partial charge in [0.15, 0.2) is 0 Å². The largest absolute Gasteiger partial charge is 0.387 e. The Morgan fingerprint density at radius 1 is 1.19 bits per heavy atom. The van der Waals surface area contributed by atoms with Crippen molar-refractivity contribution < 1.29 is 5.11 Å². The Morgan fingerprint density at radius 3 is 2.48 bits per heavy atom. The molecule has 1 atom stereocenters. The molecular formula is C18H30N2O. The number of likely N-dealkylation sites (N-methyl/N-ethyl adjacent to an activating group) is 1. The summed E-state index contributed by atoms with van der Waals surface area (Å²) in [6, 6.07) is 8.44. The van der Waals surface area contributed by atoms with Gasteiger partial charge in [-0.25, -0.2) is 0 Å². The average molecular weight is 290 g/mol. The molecule has 21 heavy (non-hydrogen) atoms. The highest BCUT2D eigenvalue weighted by molar-refractivity contribution is 5.24. The Bertz CT molecular complexity index is 398. The molecular weight excluding hydrogens is 260 g/mol. The first kappa shape index (κ1) is 16.5. The minimum Gasteiger partial charge on any atom is -0.387 e. The van der Waals surface area contributed by atoms with Gasteiger partial charge in [-0.3, -0.25) is 0 Å². The van der Waals surface area contributed by atoms with Crippen LogP contribution in [0.1, 0.15) is 43.4 Å². The van der Waals surface area contributed by atoms with Crippen LogP contribution in [0.2, 0.25) is 0 Å². The minimum atomic E-state index is -0.385. The fraction of sp³-hybridized carbons (Fsp3) is 0.667. The highest BCUT2D eigenvalue weighted by atomic mass is 16.3. The molecule has 0 radical (unpaired) electrons. The molecule has 0 aromatic heterocycles. The van der Waals surface area contributed by atoms with Crippen molar-refractivity contribution in [3.05, 3.63) is 35.4 Å². The van der Waals surface area contributed by atoms with Crippen molar-refractivity contribution in [3.63, 3.8) is 0 Å². The molecule has 1 saturated heterocycles. The lowest BCUT2D eigenvalue weighted by atomic mass is 10.0. The molecule has 1 heterocycles. The second kappa shape index (κ2) is 8.52. The maximum absolute atomic E-state index is 10.3. The van der Waals surface area contributed by atoms with Crippen LogP contribution in [0.25, 0.3) is 0 Å². The van der Waals surface area contributed by atoms with E-state index in [1.54, 1.807) is 0 Å². The van der Waals surface area contributed by atoms with Crippen molar-refractivity contribution in [2.45, 2.75) is 38.7 Å². The van der Waals surface area contributed by atoms with E-state index in [1.807, 2.05) is 0 Å². The number of hydrogen-bond acceptors (Lipinski definition) is 3. The molecule has 1 aliphatic rings. The predicted molar refractivity (Wildman–Crippen MR) is 88.6 cm³/mol. The van der Waals surface area contributed by atoms with E-state index in [0.717, 1.165) is 25.1 Å². The second-order valence-corrected chi connectivity index (χ2v) is 6.32. The van der Waals surface area contributed by atoms with Crippen LogP contribution in [0.5, 0.6) is 0 Å². The van der Waals surface area contributed by atoms with Crippen molar-refractivity contribution >= 4 is 0 Å². The zero-order valence-electron chi connectivity index (χ0n) is 13.6. The summed E-state index contributed by atoms with van der Waals surface area (Å²) in [5.41, 5.74) is 2.39. The molecule has 0 amide bonds. The van der Waals surface area contributed by atoms with E-state index >= 15 is 0 Å². The number of nitrogens with zero attached hydrogens (tertiary/aromatic N) is 2. The first-order valence-corrected chi connectivity index (χ1v) is 8.37. The van der Waals surface area contributed by atoms with Crippen molar-refractivity contribution in [1.82, 2.24) is 9.80 Å². The van der Waals surface area contributed by atoms with Gasteiger partial charge in [-0.2, -0.15) is 0 Å². The first-order valence-electron chi connectivity index (χ1n) is 8.37. The highest BCUT2D eigenvalue weighted by Crippen LogP contribution is 2.16. The van der Waals surface area contributed by atoms with Crippen molar-refractivity contribution in [2.75, 3.05) is 39.8 Å². The molecule has 2 rings (SSSR count). The minimum absolute atomic E-state index is 0.385. The number of likely N-dealkylation sites (tertiary alicyclic amines) is 1. The van der Waals surface area contributed by atoms with Gasteiger partial charge in [-0.05, 0) is 50.5 Å². The van der Waals surface area contributed by atoms with Gasteiger partial charge in [0, 0.05) is 19.6 Å². The van der Waals surface area contributed by atoms with E-state index in [2.05, 4.69) is 48.0 Å². The van der Waals surface area contributed by atoms with Crippen molar-refractivity contribution in [2.24, 2.45) is 0 Å². The summed E-state index contributed by atoms with van der Waals surface area (Å²) in [4.78, 5) is 4.76. The van der Waals surface area contributed by atoms with Gasteiger partial charge in [-0.15, -0.1) is 0 Å². The van der Waals surface area contributed by atoms with Gasteiger partial charge < -0.3 is 14.9 Å². The van der Waals surface area contributed by atoms with Gasteiger partial charge in [0.05, 0.1) is 6.10 Å². The normalized spacial score (nSPS) is 17.5. The van der Waals surface area contributed by atoms with Crippen molar-refractivity contribution in [3.8, 4) is 0 Å². The molecule has 1 aliphatic heterocycles. The van der Waals surface area contributed by atoms with Crippen LogP contribution in [0.4, 0.5) is 0 Å². The molecule has 1 fully saturated rings. The Kier molecular flexibility index (Phi) is 6.68. The molecule has 1 aromatic rings. The van der Waals surface area contributed by atoms with Crippen LogP contribution in [0, 0.1) is 0 Å². The summed E-state index contributed by atoms with van der Waals surface area (Å²) in [6.45, 7) is 7.55. The van der Waals surface area contributed by atoms with Gasteiger partial charge in [0.1, 0.15) is 0 Å². The standard InChI is InChI=1S/C18H30N2O/c1-3-6-16-7-9-17(10-8-16)18(21)15-19(2)13-14-20-11-4-5-12-20/h7-10,18,21H,3-6,11-15H2,1-2H3. The van der Waals surface area contributed by atoms with Crippen LogP contribution >= 0.6 is 0 Å². The third kappa shape index (κ3) is 5.42. The summed E-state index contributed by atoms with van der Waals surface area (Å²) >= 11 is 0. The number of hydrogen-bond donors (Lipinski definition) is 1. The Morgan fingerprint density at radius 2 is 1.86 bits per heavy atom. The lowest BCUT2D eigenvalue weighted by Crippen LogP contribution is -2.33. The quantitative estimate of drug-likeness (QED) is 0.797. The topological polar surface area (TPSA) is 26.7 Å². The summed E-state index contributed by atoms with van der Waals surface area (Å²) in [5, 5.41) is 10.3. The van der Waals surface area contributed by atoms with E-state index in [1.165, 1.54) is 37.9 Å². The lowest BCUT2D eigenvalue weighted by molar-refractivity contribution is 0.121. The number of aliphatic hydroxyl groups is 1. The van der Waals surface area contributed by atoms with Crippen LogP contribution < -0.4 is 0 Å². The number of rotatable bonds is 8. The lowest BCUT2D eigenvalue weighted by Gasteiger charge is -2.23. The Labute approximate surface area is 129 Å². The second-order valence-electron chi connectivity index (χ2n) is 6.32. The highest BCUT2D eigenvalue weighted by Gasteiger charge is 2.14. The third-order valence-corrected chi connectivity index (χ3v) is 4.38. The zero-order chi connectivity index (χ0) is 15.1. The summed E-state index contributed by atoms with van der Waals surface area (Å²) in [5.74, 6) is 0. The smallest absolute Gasteiger partial charge is 0.0916 e. The van der Waals surface area contributed by atoms with Crippen LogP contribution in [-0.4, -0.2) is 54.7 Å². The number of aliphatic hydroxyl groups excluding tert-OH is 1. The number of benzene rings is 1. The van der Waals surface area contributed by atoms with Crippen molar-refractivity contribution in [1.29, 1.82) is 0 Å². The van der Waals surface area contributed by atoms with Crippen LogP contribution in [-0.2, 0) is 6.42 Å². The van der Waals surface area contributed by atoms with Gasteiger partial charge in [-0.1, -0.05) is 37.6 Å². The summed E-state index contributed by atoms with van der Waals surface area (Å²) < 4.78 is 0. The SMILES string of the molecule is CCCc1ccc(C(O)CN(C)CCN2CCCC2)cc1. The van der Waals surface area contributed by atoms with Gasteiger partial charge in [0.2, 0.25) is 0 Å². The molecule has 1 unspecified atom stereocenters. The monoisotopic (exact) mass is 290 g/mol. The van der Waals surface area contributed by atoms with Gasteiger partial charge >= 0.3 is 0 Å². The maximum Gasteiger partial charge on any atom is 0.0916 e. The van der Waals surface area contributed by atoms with Crippen LogP contribution in [0.15, 0.2) is 24.3 Å². The summed E-state index contributed by atoms with van der Waals surface area (Å²) in [7, 11) is 2.10. The molecule has 0 saturated carbocycles. The molecule has 3 nitrogen and oxygen atoms in total. The predicted octanol–water partition coefficient (Wildman–Crippen LogP) is 2.70. The van der Waals surface area contributed by atoms with Gasteiger partial charge in [0.25, 0.3) is 0 Å². The summed E-state index contributed by atoms with van der Waals surface area (Å²) in [6.07, 6.45) is 4.59. The van der Waals surface area contributed by atoms with E-state index in [-0.39, 0.29) is 6.10 Å². The van der Waals surface area contributed by atoms with Crippen LogP contribution in [0.3, 0.4) is 0 Å². The molecule has 1 N–H and O–H groups in total. The zero-order valence-corrected chi connectivity index (χ0v) is 13.6. The fourth-order valence-corrected chi connectivity index (χ4v) is 3.01. The Balaban J connectivity index is 1.75. The molecule has 0 spiro atoms. The molecule has 0 bridgehead atoms. The molecule has 1 aromatic carbocycles. The van der Waals surface area contributed by atoms with E-state index in [4.69, 9.17) is 0 Å². The fourth-order valence-electron chi connectivity index (χ4n) is 3.01. The average Bonchev–Trinajstić information content (AvgIpc) is 2.99. The third-order valence-electron chi connectivity index (χ3n) is 4.38. The first-order chi connectivity index (χ1) is 10.2. The van der Waals surface area contributed by atoms with E-state index in [0.29, 0.717) is 6.54 Å². The molecule has 3 heteroatoms. The molecule has 0 aliphatic carbocycles. The Hall–Kier alpha value is -0.900.